The molecule has 15 heavy (non-hydrogen) atoms. The van der Waals surface area contributed by atoms with E-state index < -0.39 is 5.54 Å². The fourth-order valence-electron chi connectivity index (χ4n) is 1.56. The molecule has 0 unspecified atom stereocenters. The smallest absolute Gasteiger partial charge is 0.242 e. The highest BCUT2D eigenvalue weighted by atomic mass is 16.5. The number of nitrogens with zero attached hydrogens (tertiary/aromatic N) is 4. The van der Waals surface area contributed by atoms with Crippen LogP contribution in [-0.2, 0) is 11.8 Å². The third kappa shape index (κ3) is 1.88. The lowest BCUT2D eigenvalue weighted by Crippen LogP contribution is -2.52. The third-order valence-electron chi connectivity index (χ3n) is 2.55. The minimum Gasteiger partial charge on any atom is -0.381 e. The normalized spacial score (nSPS) is 20.1. The van der Waals surface area contributed by atoms with E-state index in [4.69, 9.17) is 10.5 Å². The molecule has 0 saturated carbocycles. The lowest BCUT2D eigenvalue weighted by atomic mass is 9.86. The Morgan fingerprint density at radius 2 is 2.20 bits per heavy atom. The van der Waals surface area contributed by atoms with Crippen LogP contribution in [0.4, 0.5) is 0 Å². The number of rotatable bonds is 2. The Kier molecular flexibility index (Phi) is 2.49. The van der Waals surface area contributed by atoms with Crippen LogP contribution in [0.15, 0.2) is 0 Å². The minimum atomic E-state index is -0.888. The van der Waals surface area contributed by atoms with Crippen molar-refractivity contribution >= 4 is 5.78 Å². The third-order valence-corrected chi connectivity index (χ3v) is 2.55. The van der Waals surface area contributed by atoms with Crippen molar-refractivity contribution in [2.45, 2.75) is 18.4 Å². The van der Waals surface area contributed by atoms with Crippen molar-refractivity contribution in [2.24, 2.45) is 12.8 Å². The molecule has 7 heteroatoms. The van der Waals surface area contributed by atoms with Gasteiger partial charge in [-0.3, -0.25) is 4.79 Å². The summed E-state index contributed by atoms with van der Waals surface area (Å²) < 4.78 is 5.16. The molecule has 0 atom stereocenters. The summed E-state index contributed by atoms with van der Waals surface area (Å²) in [5.41, 5.74) is 5.11. The molecule has 1 fully saturated rings. The fraction of sp³-hybridized carbons (Fsp3) is 0.750. The zero-order chi connectivity index (χ0) is 10.9. The molecule has 0 amide bonds. The van der Waals surface area contributed by atoms with Gasteiger partial charge in [-0.25, -0.2) is 0 Å². The molecule has 2 heterocycles. The first-order valence-electron chi connectivity index (χ1n) is 4.77. The molecule has 1 aliphatic heterocycles. The largest absolute Gasteiger partial charge is 0.381 e. The molecule has 82 valence electrons. The van der Waals surface area contributed by atoms with Gasteiger partial charge in [-0.1, -0.05) is 0 Å². The summed E-state index contributed by atoms with van der Waals surface area (Å²) in [6, 6.07) is 0. The number of aryl methyl sites for hydroxylation is 1. The van der Waals surface area contributed by atoms with E-state index in [1.54, 1.807) is 7.05 Å². The molecule has 1 saturated heterocycles. The number of aromatic nitrogens is 4. The molecule has 0 bridgehead atoms. The van der Waals surface area contributed by atoms with E-state index in [0.29, 0.717) is 26.1 Å². The number of carbonyl (C=O) groups excluding carboxylic acids is 1. The molecule has 2 N–H and O–H groups in total. The summed E-state index contributed by atoms with van der Waals surface area (Å²) in [4.78, 5) is 13.2. The summed E-state index contributed by atoms with van der Waals surface area (Å²) in [7, 11) is 1.61. The summed E-state index contributed by atoms with van der Waals surface area (Å²) in [5, 5.41) is 11.1. The van der Waals surface area contributed by atoms with Crippen molar-refractivity contribution in [3.05, 3.63) is 5.82 Å². The molecule has 0 spiro atoms. The summed E-state index contributed by atoms with van der Waals surface area (Å²) in [6.45, 7) is 1.00. The molecule has 1 aliphatic rings. The van der Waals surface area contributed by atoms with Crippen molar-refractivity contribution in [2.75, 3.05) is 13.2 Å². The maximum Gasteiger partial charge on any atom is 0.242 e. The Balaban J connectivity index is 2.19. The molecule has 0 radical (unpaired) electrons. The fourth-order valence-corrected chi connectivity index (χ4v) is 1.56. The Morgan fingerprint density at radius 3 is 2.73 bits per heavy atom. The van der Waals surface area contributed by atoms with E-state index in [0.717, 1.165) is 0 Å². The number of carbonyl (C=O) groups is 1. The van der Waals surface area contributed by atoms with E-state index in [9.17, 15) is 4.79 Å². The number of hydrogen-bond donors (Lipinski definition) is 1. The first-order valence-corrected chi connectivity index (χ1v) is 4.77. The SMILES string of the molecule is Cn1nnc(C(=O)C2(N)CCOCC2)n1. The molecule has 2 rings (SSSR count). The molecule has 0 aromatic carbocycles. The zero-order valence-electron chi connectivity index (χ0n) is 8.51. The predicted molar refractivity (Wildman–Crippen MR) is 50.1 cm³/mol. The van der Waals surface area contributed by atoms with Gasteiger partial charge in [0.25, 0.3) is 0 Å². The molecule has 1 aromatic heterocycles. The summed E-state index contributed by atoms with van der Waals surface area (Å²) in [5.74, 6) is -0.166. The maximum absolute atomic E-state index is 12.0. The van der Waals surface area contributed by atoms with Gasteiger partial charge in [0.1, 0.15) is 0 Å². The van der Waals surface area contributed by atoms with Gasteiger partial charge >= 0.3 is 0 Å². The minimum absolute atomic E-state index is 0.0851. The maximum atomic E-state index is 12.0. The first-order chi connectivity index (χ1) is 7.12. The molecule has 1 aromatic rings. The number of hydrogen-bond acceptors (Lipinski definition) is 6. The molecular weight excluding hydrogens is 198 g/mol. The Bertz CT molecular complexity index is 369. The standard InChI is InChI=1S/C8H13N5O2/c1-13-11-7(10-12-13)6(14)8(9)2-4-15-5-3-8/h2-5,9H2,1H3. The Morgan fingerprint density at radius 1 is 1.53 bits per heavy atom. The summed E-state index contributed by atoms with van der Waals surface area (Å²) >= 11 is 0. The van der Waals surface area contributed by atoms with Gasteiger partial charge in [0.05, 0.1) is 12.6 Å². The Labute approximate surface area is 86.6 Å². The second kappa shape index (κ2) is 3.67. The quantitative estimate of drug-likeness (QED) is 0.624. The molecule has 7 nitrogen and oxygen atoms in total. The van der Waals surface area contributed by atoms with Gasteiger partial charge in [0, 0.05) is 13.2 Å². The van der Waals surface area contributed by atoms with E-state index in [1.807, 2.05) is 0 Å². The number of tetrazole rings is 1. The van der Waals surface area contributed by atoms with Gasteiger partial charge < -0.3 is 10.5 Å². The van der Waals surface area contributed by atoms with Crippen LogP contribution in [0.25, 0.3) is 0 Å². The predicted octanol–water partition coefficient (Wildman–Crippen LogP) is -1.10. The van der Waals surface area contributed by atoms with Crippen LogP contribution >= 0.6 is 0 Å². The lowest BCUT2D eigenvalue weighted by Gasteiger charge is -2.30. The second-order valence-corrected chi connectivity index (χ2v) is 3.70. The van der Waals surface area contributed by atoms with Crippen molar-refractivity contribution in [3.8, 4) is 0 Å². The van der Waals surface area contributed by atoms with Gasteiger partial charge in [-0.15, -0.1) is 10.2 Å². The molecule has 0 aliphatic carbocycles. The van der Waals surface area contributed by atoms with Gasteiger partial charge in [0.2, 0.25) is 11.6 Å². The topological polar surface area (TPSA) is 95.9 Å². The first kappa shape index (κ1) is 10.2. The highest BCUT2D eigenvalue weighted by molar-refractivity contribution is 5.99. The van der Waals surface area contributed by atoms with Crippen LogP contribution < -0.4 is 5.73 Å². The Hall–Kier alpha value is -1.34. The van der Waals surface area contributed by atoms with Crippen LogP contribution in [0, 0.1) is 0 Å². The van der Waals surface area contributed by atoms with Crippen molar-refractivity contribution in [1.82, 2.24) is 20.2 Å². The zero-order valence-corrected chi connectivity index (χ0v) is 8.51. The van der Waals surface area contributed by atoms with E-state index >= 15 is 0 Å². The summed E-state index contributed by atoms with van der Waals surface area (Å²) in [6.07, 6.45) is 1.01. The van der Waals surface area contributed by atoms with Crippen molar-refractivity contribution in [3.63, 3.8) is 0 Å². The van der Waals surface area contributed by atoms with Crippen LogP contribution in [0.3, 0.4) is 0 Å². The monoisotopic (exact) mass is 211 g/mol. The number of ketones is 1. The van der Waals surface area contributed by atoms with Gasteiger partial charge in [0.15, 0.2) is 0 Å². The van der Waals surface area contributed by atoms with E-state index in [1.165, 1.54) is 4.80 Å². The van der Waals surface area contributed by atoms with E-state index in [2.05, 4.69) is 15.4 Å². The second-order valence-electron chi connectivity index (χ2n) is 3.70. The van der Waals surface area contributed by atoms with Crippen LogP contribution in [0.1, 0.15) is 23.5 Å². The number of Topliss-reactive ketones (excluding diaryl/α,β-unsaturated/α-hetero) is 1. The molecular formula is C8H13N5O2. The highest BCUT2D eigenvalue weighted by Gasteiger charge is 2.38. The van der Waals surface area contributed by atoms with Crippen molar-refractivity contribution < 1.29 is 9.53 Å². The van der Waals surface area contributed by atoms with Crippen LogP contribution in [0.5, 0.6) is 0 Å². The average molecular weight is 211 g/mol. The van der Waals surface area contributed by atoms with Crippen LogP contribution in [0.2, 0.25) is 0 Å². The van der Waals surface area contributed by atoms with Gasteiger partial charge in [-0.05, 0) is 18.1 Å². The number of ether oxygens (including phenoxy) is 1. The van der Waals surface area contributed by atoms with E-state index in [-0.39, 0.29) is 11.6 Å². The van der Waals surface area contributed by atoms with Gasteiger partial charge in [-0.2, -0.15) is 4.80 Å². The van der Waals surface area contributed by atoms with Crippen molar-refractivity contribution in [1.29, 1.82) is 0 Å². The highest BCUT2D eigenvalue weighted by Crippen LogP contribution is 2.20. The average Bonchev–Trinajstić information content (AvgIpc) is 2.65. The van der Waals surface area contributed by atoms with Crippen LogP contribution in [-0.4, -0.2) is 44.7 Å². The number of nitrogens with two attached hydrogens (primary N) is 1. The lowest BCUT2D eigenvalue weighted by molar-refractivity contribution is 0.0441.